The van der Waals surface area contributed by atoms with Crippen LogP contribution in [0.5, 0.6) is 0 Å². The van der Waals surface area contributed by atoms with Crippen LogP contribution in [0.1, 0.15) is 10.4 Å². The number of halogens is 2. The summed E-state index contributed by atoms with van der Waals surface area (Å²) in [5, 5.41) is 8.49. The Morgan fingerprint density at radius 3 is 2.71 bits per heavy atom. The molecule has 1 aliphatic rings. The SMILES string of the molecule is O=C(c1cnn(-c2ccc(Cl)cc2Cl)c1)N1CCNCC1. The first-order valence-corrected chi connectivity index (χ1v) is 7.41. The lowest BCUT2D eigenvalue weighted by atomic mass is 10.2. The van der Waals surface area contributed by atoms with Gasteiger partial charge in [0.2, 0.25) is 0 Å². The van der Waals surface area contributed by atoms with Gasteiger partial charge in [0.05, 0.1) is 22.5 Å². The van der Waals surface area contributed by atoms with Gasteiger partial charge in [0.1, 0.15) is 0 Å². The monoisotopic (exact) mass is 324 g/mol. The Hall–Kier alpha value is -1.56. The van der Waals surface area contributed by atoms with Crippen LogP contribution in [0.4, 0.5) is 0 Å². The van der Waals surface area contributed by atoms with Gasteiger partial charge in [-0.25, -0.2) is 4.68 Å². The molecule has 0 saturated carbocycles. The molecule has 1 saturated heterocycles. The lowest BCUT2D eigenvalue weighted by molar-refractivity contribution is 0.0736. The minimum atomic E-state index is -0.00663. The van der Waals surface area contributed by atoms with E-state index in [1.807, 2.05) is 4.90 Å². The molecule has 110 valence electrons. The minimum Gasteiger partial charge on any atom is -0.336 e. The van der Waals surface area contributed by atoms with Crippen LogP contribution in [0.15, 0.2) is 30.6 Å². The van der Waals surface area contributed by atoms with E-state index in [1.54, 1.807) is 35.3 Å². The molecule has 1 amide bonds. The third kappa shape index (κ3) is 3.05. The van der Waals surface area contributed by atoms with E-state index in [0.717, 1.165) is 13.1 Å². The molecule has 0 unspecified atom stereocenters. The average Bonchev–Trinajstić information content (AvgIpc) is 2.97. The third-order valence-corrected chi connectivity index (χ3v) is 3.93. The molecule has 5 nitrogen and oxygen atoms in total. The number of aromatic nitrogens is 2. The van der Waals surface area contributed by atoms with E-state index < -0.39 is 0 Å². The zero-order chi connectivity index (χ0) is 14.8. The molecule has 1 aliphatic heterocycles. The molecule has 0 bridgehead atoms. The summed E-state index contributed by atoms with van der Waals surface area (Å²) < 4.78 is 1.59. The number of carbonyl (C=O) groups is 1. The van der Waals surface area contributed by atoms with Crippen LogP contribution in [0.25, 0.3) is 5.69 Å². The Balaban J connectivity index is 1.84. The highest BCUT2D eigenvalue weighted by Crippen LogP contribution is 2.24. The Morgan fingerprint density at radius 2 is 2.00 bits per heavy atom. The van der Waals surface area contributed by atoms with Gasteiger partial charge in [0.15, 0.2) is 0 Å². The molecule has 2 heterocycles. The largest absolute Gasteiger partial charge is 0.336 e. The first-order valence-electron chi connectivity index (χ1n) is 6.65. The van der Waals surface area contributed by atoms with Gasteiger partial charge in [-0.05, 0) is 18.2 Å². The molecule has 1 fully saturated rings. The standard InChI is InChI=1S/C14H14Cl2N4O/c15-11-1-2-13(12(16)7-11)20-9-10(8-18-20)14(21)19-5-3-17-4-6-19/h1-2,7-9,17H,3-6H2. The number of benzene rings is 1. The fourth-order valence-corrected chi connectivity index (χ4v) is 2.78. The summed E-state index contributed by atoms with van der Waals surface area (Å²) in [5.41, 5.74) is 1.25. The van der Waals surface area contributed by atoms with E-state index in [4.69, 9.17) is 23.2 Å². The van der Waals surface area contributed by atoms with Crippen LogP contribution < -0.4 is 5.32 Å². The van der Waals surface area contributed by atoms with Crippen molar-refractivity contribution in [3.8, 4) is 5.69 Å². The normalized spacial score (nSPS) is 15.2. The minimum absolute atomic E-state index is 0.00663. The number of hydrogen-bond donors (Lipinski definition) is 1. The van der Waals surface area contributed by atoms with Crippen LogP contribution in [0.2, 0.25) is 10.0 Å². The fourth-order valence-electron chi connectivity index (χ4n) is 2.28. The van der Waals surface area contributed by atoms with Gasteiger partial charge in [0.25, 0.3) is 5.91 Å². The van der Waals surface area contributed by atoms with Crippen LogP contribution in [0, 0.1) is 0 Å². The maximum absolute atomic E-state index is 12.4. The van der Waals surface area contributed by atoms with Gasteiger partial charge in [0, 0.05) is 37.4 Å². The molecular formula is C14H14Cl2N4O. The highest BCUT2D eigenvalue weighted by molar-refractivity contribution is 6.35. The van der Waals surface area contributed by atoms with Crippen molar-refractivity contribution in [2.45, 2.75) is 0 Å². The number of nitrogens with one attached hydrogen (secondary N) is 1. The molecule has 1 aromatic heterocycles. The number of amides is 1. The zero-order valence-corrected chi connectivity index (χ0v) is 12.7. The highest BCUT2D eigenvalue weighted by atomic mass is 35.5. The van der Waals surface area contributed by atoms with Crippen LogP contribution in [-0.4, -0.2) is 46.8 Å². The van der Waals surface area contributed by atoms with Crippen molar-refractivity contribution in [3.63, 3.8) is 0 Å². The second-order valence-electron chi connectivity index (χ2n) is 4.81. The van der Waals surface area contributed by atoms with E-state index in [-0.39, 0.29) is 5.91 Å². The number of rotatable bonds is 2. The molecule has 0 spiro atoms. The van der Waals surface area contributed by atoms with E-state index >= 15 is 0 Å². The average molecular weight is 325 g/mol. The van der Waals surface area contributed by atoms with Crippen LogP contribution in [0.3, 0.4) is 0 Å². The summed E-state index contributed by atoms with van der Waals surface area (Å²) in [7, 11) is 0. The first kappa shape index (κ1) is 14.4. The predicted octanol–water partition coefficient (Wildman–Crippen LogP) is 2.22. The molecule has 0 aliphatic carbocycles. The predicted molar refractivity (Wildman–Crippen MR) is 82.4 cm³/mol. The number of carbonyl (C=O) groups excluding carboxylic acids is 1. The van der Waals surface area contributed by atoms with Crippen molar-refractivity contribution in [2.75, 3.05) is 26.2 Å². The summed E-state index contributed by atoms with van der Waals surface area (Å²) in [6.07, 6.45) is 3.26. The van der Waals surface area contributed by atoms with E-state index in [2.05, 4.69) is 10.4 Å². The summed E-state index contributed by atoms with van der Waals surface area (Å²) in [6.45, 7) is 3.07. The van der Waals surface area contributed by atoms with E-state index in [9.17, 15) is 4.79 Å². The molecule has 0 radical (unpaired) electrons. The quantitative estimate of drug-likeness (QED) is 0.921. The molecule has 0 atom stereocenters. The second-order valence-corrected chi connectivity index (χ2v) is 5.66. The molecule has 1 N–H and O–H groups in total. The third-order valence-electron chi connectivity index (χ3n) is 3.39. The van der Waals surface area contributed by atoms with Crippen LogP contribution >= 0.6 is 23.2 Å². The molecule has 7 heteroatoms. The Bertz CT molecular complexity index is 665. The summed E-state index contributed by atoms with van der Waals surface area (Å²) >= 11 is 12.0. The van der Waals surface area contributed by atoms with Gasteiger partial charge < -0.3 is 10.2 Å². The summed E-state index contributed by atoms with van der Waals surface area (Å²) in [6, 6.07) is 5.16. The first-order chi connectivity index (χ1) is 10.1. The highest BCUT2D eigenvalue weighted by Gasteiger charge is 2.19. The van der Waals surface area contributed by atoms with Crippen molar-refractivity contribution in [3.05, 3.63) is 46.2 Å². The number of hydrogen-bond acceptors (Lipinski definition) is 3. The van der Waals surface area contributed by atoms with Gasteiger partial charge in [-0.3, -0.25) is 4.79 Å². The number of piperazine rings is 1. The van der Waals surface area contributed by atoms with Crippen molar-refractivity contribution in [2.24, 2.45) is 0 Å². The van der Waals surface area contributed by atoms with Gasteiger partial charge in [-0.2, -0.15) is 5.10 Å². The van der Waals surface area contributed by atoms with Crippen molar-refractivity contribution < 1.29 is 4.79 Å². The van der Waals surface area contributed by atoms with E-state index in [0.29, 0.717) is 34.4 Å². The van der Waals surface area contributed by atoms with Gasteiger partial charge in [-0.1, -0.05) is 23.2 Å². The second kappa shape index (κ2) is 6.05. The van der Waals surface area contributed by atoms with Crippen molar-refractivity contribution in [1.29, 1.82) is 0 Å². The molecule has 1 aromatic carbocycles. The molecule has 21 heavy (non-hydrogen) atoms. The molecular weight excluding hydrogens is 311 g/mol. The zero-order valence-electron chi connectivity index (χ0n) is 11.2. The Labute approximate surface area is 132 Å². The molecule has 3 rings (SSSR count). The Kier molecular flexibility index (Phi) is 4.14. The Morgan fingerprint density at radius 1 is 1.24 bits per heavy atom. The van der Waals surface area contributed by atoms with Crippen molar-refractivity contribution in [1.82, 2.24) is 20.0 Å². The van der Waals surface area contributed by atoms with E-state index in [1.165, 1.54) is 0 Å². The number of nitrogens with zero attached hydrogens (tertiary/aromatic N) is 3. The fraction of sp³-hybridized carbons (Fsp3) is 0.286. The summed E-state index contributed by atoms with van der Waals surface area (Å²) in [5.74, 6) is -0.00663. The smallest absolute Gasteiger partial charge is 0.257 e. The summed E-state index contributed by atoms with van der Waals surface area (Å²) in [4.78, 5) is 14.2. The topological polar surface area (TPSA) is 50.2 Å². The van der Waals surface area contributed by atoms with Gasteiger partial charge in [-0.15, -0.1) is 0 Å². The maximum atomic E-state index is 12.4. The lowest BCUT2D eigenvalue weighted by Crippen LogP contribution is -2.46. The lowest BCUT2D eigenvalue weighted by Gasteiger charge is -2.26. The van der Waals surface area contributed by atoms with Crippen molar-refractivity contribution >= 4 is 29.1 Å². The molecule has 2 aromatic rings. The maximum Gasteiger partial charge on any atom is 0.257 e. The van der Waals surface area contributed by atoms with Gasteiger partial charge >= 0.3 is 0 Å². The van der Waals surface area contributed by atoms with Crippen LogP contribution in [-0.2, 0) is 0 Å².